The molecule has 0 saturated heterocycles. The highest BCUT2D eigenvalue weighted by atomic mass is 35.5. The number of aliphatic carboxylic acids is 1. The highest BCUT2D eigenvalue weighted by molar-refractivity contribution is 5.85. The van der Waals surface area contributed by atoms with Gasteiger partial charge in [-0.05, 0) is 0 Å². The Morgan fingerprint density at radius 3 is 2.67 bits per heavy atom. The zero-order valence-electron chi connectivity index (χ0n) is 6.34. The zero-order valence-corrected chi connectivity index (χ0v) is 7.15. The molecule has 0 aliphatic carbocycles. The van der Waals surface area contributed by atoms with Crippen molar-refractivity contribution in [2.45, 2.75) is 6.10 Å². The molecule has 1 rings (SSSR count). The van der Waals surface area contributed by atoms with Gasteiger partial charge in [0.15, 0.2) is 6.10 Å². The molecule has 1 aromatic rings. The van der Waals surface area contributed by atoms with Gasteiger partial charge in [-0.25, -0.2) is 9.78 Å². The number of carboxylic acid groups (broad SMARTS) is 1. The lowest BCUT2D eigenvalue weighted by Crippen LogP contribution is -2.13. The Morgan fingerprint density at radius 2 is 2.33 bits per heavy atom. The van der Waals surface area contributed by atoms with Gasteiger partial charge in [-0.1, -0.05) is 0 Å². The van der Waals surface area contributed by atoms with Gasteiger partial charge in [0, 0.05) is 7.05 Å². The molecule has 6 heteroatoms. The van der Waals surface area contributed by atoms with Gasteiger partial charge in [-0.2, -0.15) is 0 Å². The molecule has 5 nitrogen and oxygen atoms in total. The number of aliphatic hydroxyl groups is 1. The fraction of sp³-hybridized carbons (Fsp3) is 0.333. The van der Waals surface area contributed by atoms with Gasteiger partial charge < -0.3 is 14.8 Å². The van der Waals surface area contributed by atoms with E-state index in [0.29, 0.717) is 0 Å². The Balaban J connectivity index is 0.00000121. The fourth-order valence-corrected chi connectivity index (χ4v) is 0.757. The first kappa shape index (κ1) is 10.9. The van der Waals surface area contributed by atoms with Crippen LogP contribution in [0.3, 0.4) is 0 Å². The van der Waals surface area contributed by atoms with E-state index >= 15 is 0 Å². The topological polar surface area (TPSA) is 75.3 Å². The number of carboxylic acids is 1. The van der Waals surface area contributed by atoms with Gasteiger partial charge in [0.1, 0.15) is 0 Å². The minimum Gasteiger partial charge on any atom is -0.479 e. The number of hydrogen-bond acceptors (Lipinski definition) is 3. The Hall–Kier alpha value is -1.07. The molecule has 1 heterocycles. The summed E-state index contributed by atoms with van der Waals surface area (Å²) in [5.74, 6) is -1.27. The summed E-state index contributed by atoms with van der Waals surface area (Å²) >= 11 is 0. The number of hydrogen-bond donors (Lipinski definition) is 2. The molecule has 68 valence electrons. The number of aromatic nitrogens is 2. The molecule has 0 bridgehead atoms. The summed E-state index contributed by atoms with van der Waals surface area (Å²) in [6.07, 6.45) is 1.27. The van der Waals surface area contributed by atoms with Crippen LogP contribution in [0.5, 0.6) is 0 Å². The van der Waals surface area contributed by atoms with Crippen LogP contribution in [0.4, 0.5) is 0 Å². The van der Waals surface area contributed by atoms with Gasteiger partial charge in [0.25, 0.3) is 0 Å². The average molecular weight is 193 g/mol. The molecular weight excluding hydrogens is 184 g/mol. The lowest BCUT2D eigenvalue weighted by molar-refractivity contribution is -0.147. The molecule has 0 aromatic carbocycles. The number of aliphatic hydroxyl groups excluding tert-OH is 1. The van der Waals surface area contributed by atoms with Gasteiger partial charge in [0.2, 0.25) is 0 Å². The maximum atomic E-state index is 10.3. The SMILES string of the molecule is Cl.Cn1cncc1C(O)C(=O)O. The van der Waals surface area contributed by atoms with Crippen LogP contribution < -0.4 is 0 Å². The summed E-state index contributed by atoms with van der Waals surface area (Å²) in [6.45, 7) is 0. The van der Waals surface area contributed by atoms with Crippen LogP contribution in [0.25, 0.3) is 0 Å². The van der Waals surface area contributed by atoms with Crippen molar-refractivity contribution in [2.24, 2.45) is 7.05 Å². The smallest absolute Gasteiger partial charge is 0.338 e. The quantitative estimate of drug-likeness (QED) is 0.690. The largest absolute Gasteiger partial charge is 0.479 e. The molecule has 1 atom stereocenters. The van der Waals surface area contributed by atoms with E-state index in [2.05, 4.69) is 4.98 Å². The van der Waals surface area contributed by atoms with Crippen LogP contribution in [0.1, 0.15) is 11.8 Å². The number of aryl methyl sites for hydroxylation is 1. The third-order valence-corrected chi connectivity index (χ3v) is 1.37. The number of halogens is 1. The average Bonchev–Trinajstić information content (AvgIpc) is 2.33. The lowest BCUT2D eigenvalue weighted by Gasteiger charge is -2.04. The number of imidazole rings is 1. The second-order valence-electron chi connectivity index (χ2n) is 2.17. The van der Waals surface area contributed by atoms with E-state index in [-0.39, 0.29) is 18.1 Å². The van der Waals surface area contributed by atoms with Crippen LogP contribution in [-0.4, -0.2) is 25.7 Å². The second kappa shape index (κ2) is 4.08. The molecular formula is C6H9ClN2O3. The van der Waals surface area contributed by atoms with Crippen molar-refractivity contribution >= 4 is 18.4 Å². The van der Waals surface area contributed by atoms with Crippen molar-refractivity contribution in [3.8, 4) is 0 Å². The second-order valence-corrected chi connectivity index (χ2v) is 2.17. The van der Waals surface area contributed by atoms with Gasteiger partial charge in [-0.15, -0.1) is 12.4 Å². The maximum Gasteiger partial charge on any atom is 0.338 e. The first-order valence-corrected chi connectivity index (χ1v) is 3.00. The number of nitrogens with zero attached hydrogens (tertiary/aromatic N) is 2. The zero-order chi connectivity index (χ0) is 8.43. The van der Waals surface area contributed by atoms with E-state index in [4.69, 9.17) is 10.2 Å². The highest BCUT2D eigenvalue weighted by Gasteiger charge is 2.18. The van der Waals surface area contributed by atoms with Crippen LogP contribution >= 0.6 is 12.4 Å². The summed E-state index contributed by atoms with van der Waals surface area (Å²) in [7, 11) is 1.62. The number of carbonyl (C=O) groups is 1. The third kappa shape index (κ3) is 1.96. The van der Waals surface area contributed by atoms with Crippen molar-refractivity contribution in [3.63, 3.8) is 0 Å². The molecule has 0 saturated carbocycles. The fourth-order valence-electron chi connectivity index (χ4n) is 0.757. The van der Waals surface area contributed by atoms with Crippen molar-refractivity contribution < 1.29 is 15.0 Å². The summed E-state index contributed by atoms with van der Waals surface area (Å²) in [5.41, 5.74) is 0.275. The van der Waals surface area contributed by atoms with Gasteiger partial charge in [-0.3, -0.25) is 0 Å². The summed E-state index contributed by atoms with van der Waals surface area (Å²) in [4.78, 5) is 13.9. The highest BCUT2D eigenvalue weighted by Crippen LogP contribution is 2.09. The Kier molecular flexibility index (Phi) is 3.72. The van der Waals surface area contributed by atoms with E-state index in [9.17, 15) is 4.79 Å². The van der Waals surface area contributed by atoms with Crippen LogP contribution in [0, 0.1) is 0 Å². The van der Waals surface area contributed by atoms with E-state index in [1.165, 1.54) is 17.1 Å². The molecule has 1 unspecified atom stereocenters. The van der Waals surface area contributed by atoms with Crippen LogP contribution in [-0.2, 0) is 11.8 Å². The Morgan fingerprint density at radius 1 is 1.75 bits per heavy atom. The molecule has 0 aliphatic heterocycles. The molecule has 0 radical (unpaired) electrons. The summed E-state index contributed by atoms with van der Waals surface area (Å²) < 4.78 is 1.46. The normalized spacial score (nSPS) is 11.8. The van der Waals surface area contributed by atoms with Crippen LogP contribution in [0.2, 0.25) is 0 Å². The van der Waals surface area contributed by atoms with E-state index in [1.807, 2.05) is 0 Å². The van der Waals surface area contributed by atoms with Crippen molar-refractivity contribution in [2.75, 3.05) is 0 Å². The Bertz CT molecular complexity index is 274. The third-order valence-electron chi connectivity index (χ3n) is 1.37. The molecule has 0 spiro atoms. The molecule has 0 amide bonds. The van der Waals surface area contributed by atoms with E-state index in [0.717, 1.165) is 0 Å². The standard InChI is InChI=1S/C6H8N2O3.ClH/c1-8-3-7-2-4(8)5(9)6(10)11;/h2-3,5,9H,1H3,(H,10,11);1H. The van der Waals surface area contributed by atoms with Crippen molar-refractivity contribution in [3.05, 3.63) is 18.2 Å². The van der Waals surface area contributed by atoms with Crippen molar-refractivity contribution in [1.29, 1.82) is 0 Å². The van der Waals surface area contributed by atoms with Gasteiger partial charge in [0.05, 0.1) is 18.2 Å². The van der Waals surface area contributed by atoms with Crippen LogP contribution in [0.15, 0.2) is 12.5 Å². The minimum atomic E-state index is -1.48. The predicted octanol–water partition coefficient (Wildman–Crippen LogP) is -0.0401. The maximum absolute atomic E-state index is 10.3. The van der Waals surface area contributed by atoms with Crippen molar-refractivity contribution in [1.82, 2.24) is 9.55 Å². The first-order valence-electron chi connectivity index (χ1n) is 3.00. The van der Waals surface area contributed by atoms with E-state index < -0.39 is 12.1 Å². The first-order chi connectivity index (χ1) is 5.13. The minimum absolute atomic E-state index is 0. The monoisotopic (exact) mass is 192 g/mol. The molecule has 0 aliphatic rings. The Labute approximate surface area is 75.1 Å². The lowest BCUT2D eigenvalue weighted by atomic mass is 10.3. The summed E-state index contributed by atoms with van der Waals surface area (Å²) in [6, 6.07) is 0. The molecule has 12 heavy (non-hydrogen) atoms. The predicted molar refractivity (Wildman–Crippen MR) is 43.1 cm³/mol. The van der Waals surface area contributed by atoms with Gasteiger partial charge >= 0.3 is 5.97 Å². The molecule has 2 N–H and O–H groups in total. The molecule has 0 fully saturated rings. The molecule has 1 aromatic heterocycles. The van der Waals surface area contributed by atoms with E-state index in [1.54, 1.807) is 7.05 Å². The number of rotatable bonds is 2. The summed E-state index contributed by atoms with van der Waals surface area (Å²) in [5, 5.41) is 17.4.